The molecule has 0 fully saturated rings. The molecule has 0 aliphatic rings. The number of aromatic nitrogens is 2. The second-order valence-electron chi connectivity index (χ2n) is 5.75. The highest BCUT2D eigenvalue weighted by Gasteiger charge is 2.15. The molecule has 1 aromatic heterocycles. The third-order valence-electron chi connectivity index (χ3n) is 3.90. The predicted molar refractivity (Wildman–Crippen MR) is 94.0 cm³/mol. The van der Waals surface area contributed by atoms with Crippen molar-refractivity contribution in [3.05, 3.63) is 83.1 Å². The van der Waals surface area contributed by atoms with Gasteiger partial charge in [0.05, 0.1) is 5.69 Å². The van der Waals surface area contributed by atoms with Crippen LogP contribution < -0.4 is 10.6 Å². The molecule has 0 aliphatic carbocycles. The summed E-state index contributed by atoms with van der Waals surface area (Å²) >= 11 is 0. The fourth-order valence-corrected chi connectivity index (χ4v) is 2.38. The van der Waals surface area contributed by atoms with Crippen molar-refractivity contribution in [2.24, 2.45) is 0 Å². The number of rotatable bonds is 5. The lowest BCUT2D eigenvalue weighted by Gasteiger charge is -2.10. The van der Waals surface area contributed by atoms with E-state index in [0.29, 0.717) is 6.54 Å². The van der Waals surface area contributed by atoms with E-state index in [9.17, 15) is 18.0 Å². The van der Waals surface area contributed by atoms with E-state index in [-0.39, 0.29) is 17.2 Å². The van der Waals surface area contributed by atoms with Gasteiger partial charge in [-0.2, -0.15) is 0 Å². The molecule has 0 atom stereocenters. The summed E-state index contributed by atoms with van der Waals surface area (Å²) < 4.78 is 40.1. The predicted octanol–water partition coefficient (Wildman–Crippen LogP) is 3.88. The molecule has 2 N–H and O–H groups in total. The molecule has 0 saturated heterocycles. The molecular formula is C19H15F3N4O. The van der Waals surface area contributed by atoms with Gasteiger partial charge in [0.1, 0.15) is 17.8 Å². The van der Waals surface area contributed by atoms with Crippen LogP contribution in [-0.2, 0) is 6.54 Å². The lowest BCUT2D eigenvalue weighted by molar-refractivity contribution is 0.0945. The summed E-state index contributed by atoms with van der Waals surface area (Å²) in [5.41, 5.74) is 1.74. The molecule has 0 saturated carbocycles. The molecule has 5 nitrogen and oxygen atoms in total. The number of benzene rings is 2. The Kier molecular flexibility index (Phi) is 5.35. The molecule has 3 aromatic rings. The average Bonchev–Trinajstić information content (AvgIpc) is 2.68. The minimum atomic E-state index is -1.59. The SMILES string of the molecule is Cc1ccccc1CNC(=O)c1cc(Nc2ccc(F)c(F)c2F)ncn1. The van der Waals surface area contributed by atoms with Gasteiger partial charge in [0.15, 0.2) is 17.5 Å². The molecule has 3 rings (SSSR count). The second kappa shape index (κ2) is 7.86. The molecule has 138 valence electrons. The first-order valence-corrected chi connectivity index (χ1v) is 8.01. The Hall–Kier alpha value is -3.42. The monoisotopic (exact) mass is 372 g/mol. The van der Waals surface area contributed by atoms with Crippen molar-refractivity contribution in [1.82, 2.24) is 15.3 Å². The number of hydrogen-bond acceptors (Lipinski definition) is 4. The summed E-state index contributed by atoms with van der Waals surface area (Å²) in [6, 6.07) is 10.7. The number of aryl methyl sites for hydroxylation is 1. The minimum absolute atomic E-state index is 0.0454. The van der Waals surface area contributed by atoms with Gasteiger partial charge in [-0.1, -0.05) is 24.3 Å². The van der Waals surface area contributed by atoms with Gasteiger partial charge in [0, 0.05) is 12.6 Å². The van der Waals surface area contributed by atoms with E-state index >= 15 is 0 Å². The summed E-state index contributed by atoms with van der Waals surface area (Å²) in [6.07, 6.45) is 1.11. The minimum Gasteiger partial charge on any atom is -0.347 e. The van der Waals surface area contributed by atoms with Gasteiger partial charge in [-0.05, 0) is 30.2 Å². The van der Waals surface area contributed by atoms with Crippen molar-refractivity contribution in [1.29, 1.82) is 0 Å². The molecule has 0 spiro atoms. The summed E-state index contributed by atoms with van der Waals surface area (Å²) in [5.74, 6) is -4.65. The van der Waals surface area contributed by atoms with Crippen LogP contribution in [0.2, 0.25) is 0 Å². The van der Waals surface area contributed by atoms with Crippen molar-refractivity contribution in [2.75, 3.05) is 5.32 Å². The van der Waals surface area contributed by atoms with E-state index < -0.39 is 23.4 Å². The molecule has 2 aromatic carbocycles. The fraction of sp³-hybridized carbons (Fsp3) is 0.105. The van der Waals surface area contributed by atoms with Crippen LogP contribution in [0.5, 0.6) is 0 Å². The largest absolute Gasteiger partial charge is 0.347 e. The Balaban J connectivity index is 1.73. The Bertz CT molecular complexity index is 994. The van der Waals surface area contributed by atoms with Crippen LogP contribution in [0.3, 0.4) is 0 Å². The highest BCUT2D eigenvalue weighted by Crippen LogP contribution is 2.22. The maximum absolute atomic E-state index is 13.8. The fourth-order valence-electron chi connectivity index (χ4n) is 2.38. The highest BCUT2D eigenvalue weighted by molar-refractivity contribution is 5.92. The Labute approximate surface area is 153 Å². The number of hydrogen-bond donors (Lipinski definition) is 2. The Morgan fingerprint density at radius 1 is 1.04 bits per heavy atom. The number of amides is 1. The topological polar surface area (TPSA) is 66.9 Å². The van der Waals surface area contributed by atoms with E-state index in [1.165, 1.54) is 6.07 Å². The quantitative estimate of drug-likeness (QED) is 0.667. The van der Waals surface area contributed by atoms with Crippen LogP contribution in [0.15, 0.2) is 48.8 Å². The molecule has 1 heterocycles. The number of nitrogens with one attached hydrogen (secondary N) is 2. The van der Waals surface area contributed by atoms with E-state index in [1.807, 2.05) is 31.2 Å². The van der Waals surface area contributed by atoms with Crippen molar-refractivity contribution in [3.63, 3.8) is 0 Å². The van der Waals surface area contributed by atoms with Gasteiger partial charge >= 0.3 is 0 Å². The van der Waals surface area contributed by atoms with Gasteiger partial charge in [-0.25, -0.2) is 23.1 Å². The molecule has 0 unspecified atom stereocenters. The maximum atomic E-state index is 13.8. The van der Waals surface area contributed by atoms with Crippen molar-refractivity contribution in [2.45, 2.75) is 13.5 Å². The van der Waals surface area contributed by atoms with Crippen LogP contribution in [0.25, 0.3) is 0 Å². The maximum Gasteiger partial charge on any atom is 0.270 e. The third-order valence-corrected chi connectivity index (χ3v) is 3.90. The zero-order valence-electron chi connectivity index (χ0n) is 14.3. The normalized spacial score (nSPS) is 10.5. The first-order valence-electron chi connectivity index (χ1n) is 8.01. The van der Waals surface area contributed by atoms with E-state index in [0.717, 1.165) is 29.6 Å². The van der Waals surface area contributed by atoms with Crippen LogP contribution in [0.4, 0.5) is 24.7 Å². The lowest BCUT2D eigenvalue weighted by Crippen LogP contribution is -2.24. The van der Waals surface area contributed by atoms with E-state index in [1.54, 1.807) is 0 Å². The molecule has 8 heteroatoms. The van der Waals surface area contributed by atoms with E-state index in [4.69, 9.17) is 0 Å². The number of anilines is 2. The standard InChI is InChI=1S/C19H15F3N4O/c1-11-4-2-3-5-12(11)9-23-19(27)15-8-16(25-10-24-15)26-14-7-6-13(20)17(21)18(14)22/h2-8,10H,9H2,1H3,(H,23,27)(H,24,25,26). The van der Waals surface area contributed by atoms with Crippen molar-refractivity contribution in [3.8, 4) is 0 Å². The summed E-state index contributed by atoms with van der Waals surface area (Å²) in [5, 5.41) is 5.24. The average molecular weight is 372 g/mol. The molecule has 0 bridgehead atoms. The number of carbonyl (C=O) groups is 1. The van der Waals surface area contributed by atoms with Crippen molar-refractivity contribution >= 4 is 17.4 Å². The van der Waals surface area contributed by atoms with Crippen LogP contribution in [-0.4, -0.2) is 15.9 Å². The first kappa shape index (κ1) is 18.4. The number of halogens is 3. The van der Waals surface area contributed by atoms with Crippen LogP contribution >= 0.6 is 0 Å². The summed E-state index contributed by atoms with van der Waals surface area (Å²) in [6.45, 7) is 2.25. The molecular weight excluding hydrogens is 357 g/mol. The van der Waals surface area contributed by atoms with Crippen molar-refractivity contribution < 1.29 is 18.0 Å². The van der Waals surface area contributed by atoms with E-state index in [2.05, 4.69) is 20.6 Å². The third kappa shape index (κ3) is 4.22. The van der Waals surface area contributed by atoms with Gasteiger partial charge < -0.3 is 10.6 Å². The second-order valence-corrected chi connectivity index (χ2v) is 5.75. The first-order chi connectivity index (χ1) is 13.0. The number of nitrogens with zero attached hydrogens (tertiary/aromatic N) is 2. The summed E-state index contributed by atoms with van der Waals surface area (Å²) in [4.78, 5) is 20.0. The zero-order chi connectivity index (χ0) is 19.4. The Morgan fingerprint density at radius 2 is 1.81 bits per heavy atom. The Morgan fingerprint density at radius 3 is 2.59 bits per heavy atom. The van der Waals surface area contributed by atoms with Gasteiger partial charge in [0.2, 0.25) is 0 Å². The zero-order valence-corrected chi connectivity index (χ0v) is 14.3. The molecule has 0 radical (unpaired) electrons. The van der Waals surface area contributed by atoms with Gasteiger partial charge in [-0.15, -0.1) is 0 Å². The highest BCUT2D eigenvalue weighted by atomic mass is 19.2. The van der Waals surface area contributed by atoms with Gasteiger partial charge in [0.25, 0.3) is 5.91 Å². The molecule has 0 aliphatic heterocycles. The molecule has 27 heavy (non-hydrogen) atoms. The number of carbonyl (C=O) groups excluding carboxylic acids is 1. The summed E-state index contributed by atoms with van der Waals surface area (Å²) in [7, 11) is 0. The smallest absolute Gasteiger partial charge is 0.270 e. The lowest BCUT2D eigenvalue weighted by atomic mass is 10.1. The molecule has 1 amide bonds. The van der Waals surface area contributed by atoms with Gasteiger partial charge in [-0.3, -0.25) is 4.79 Å². The van der Waals surface area contributed by atoms with Crippen LogP contribution in [0.1, 0.15) is 21.6 Å². The van der Waals surface area contributed by atoms with Crippen LogP contribution in [0, 0.1) is 24.4 Å².